The zero-order valence-electron chi connectivity index (χ0n) is 12.9. The second-order valence-corrected chi connectivity index (χ2v) is 6.42. The van der Waals surface area contributed by atoms with Crippen LogP contribution in [0.3, 0.4) is 0 Å². The van der Waals surface area contributed by atoms with Crippen LogP contribution >= 0.6 is 0 Å². The molecule has 23 heavy (non-hydrogen) atoms. The normalized spacial score (nSPS) is 30.9. The number of imide groups is 1. The number of carbonyl (C=O) groups is 3. The molecule has 0 aromatic heterocycles. The zero-order valence-corrected chi connectivity index (χ0v) is 12.9. The minimum absolute atomic E-state index is 0.0948. The lowest BCUT2D eigenvalue weighted by atomic mass is 9.85. The molecule has 2 fully saturated rings. The van der Waals surface area contributed by atoms with Crippen molar-refractivity contribution in [2.24, 2.45) is 23.7 Å². The Labute approximate surface area is 134 Å². The van der Waals surface area contributed by atoms with Crippen molar-refractivity contribution in [1.29, 1.82) is 0 Å². The van der Waals surface area contributed by atoms with E-state index in [1.165, 1.54) is 4.90 Å². The van der Waals surface area contributed by atoms with Crippen LogP contribution in [0.5, 0.6) is 0 Å². The first kappa shape index (κ1) is 14.2. The molecule has 3 aliphatic rings. The maximum atomic E-state index is 12.7. The van der Waals surface area contributed by atoms with Crippen molar-refractivity contribution in [3.05, 3.63) is 42.0 Å². The molecule has 2 aliphatic carbocycles. The Morgan fingerprint density at radius 3 is 2.17 bits per heavy atom. The molecule has 1 saturated heterocycles. The maximum absolute atomic E-state index is 12.7. The standard InChI is InChI=1S/C18H18N2O3/c1-2-19-16(21)10-5-7-13(8-6-10)20-17(22)14-11-3-4-12(9-11)15(14)18(20)23/h3-8,11-12,14-15H,2,9H2,1H3,(H,19,21). The third kappa shape index (κ3) is 1.96. The first-order valence-corrected chi connectivity index (χ1v) is 8.06. The van der Waals surface area contributed by atoms with Crippen LogP contribution in [0.1, 0.15) is 23.7 Å². The molecule has 0 radical (unpaired) electrons. The molecule has 1 saturated carbocycles. The molecular weight excluding hydrogens is 292 g/mol. The van der Waals surface area contributed by atoms with Crippen molar-refractivity contribution in [3.63, 3.8) is 0 Å². The Morgan fingerprint density at radius 1 is 1.09 bits per heavy atom. The molecule has 0 spiro atoms. The third-order valence-corrected chi connectivity index (χ3v) is 5.20. The minimum atomic E-state index is -0.194. The Bertz CT molecular complexity index is 692. The van der Waals surface area contributed by atoms with E-state index >= 15 is 0 Å². The number of carbonyl (C=O) groups excluding carboxylic acids is 3. The minimum Gasteiger partial charge on any atom is -0.352 e. The van der Waals surface area contributed by atoms with Gasteiger partial charge in [-0.05, 0) is 49.4 Å². The predicted molar refractivity (Wildman–Crippen MR) is 84.7 cm³/mol. The average Bonchev–Trinajstić information content (AvgIpc) is 3.22. The molecule has 4 unspecified atom stereocenters. The second kappa shape index (κ2) is 5.05. The van der Waals surface area contributed by atoms with Gasteiger partial charge in [-0.25, -0.2) is 0 Å². The van der Waals surface area contributed by atoms with E-state index in [-0.39, 0.29) is 41.4 Å². The van der Waals surface area contributed by atoms with E-state index in [1.807, 2.05) is 6.92 Å². The number of anilines is 1. The van der Waals surface area contributed by atoms with E-state index < -0.39 is 0 Å². The zero-order chi connectivity index (χ0) is 16.1. The number of hydrogen-bond acceptors (Lipinski definition) is 3. The van der Waals surface area contributed by atoms with E-state index in [2.05, 4.69) is 17.5 Å². The maximum Gasteiger partial charge on any atom is 0.251 e. The molecule has 2 bridgehead atoms. The van der Waals surface area contributed by atoms with Gasteiger partial charge < -0.3 is 5.32 Å². The molecule has 1 heterocycles. The van der Waals surface area contributed by atoms with Crippen LogP contribution in [0, 0.1) is 23.7 Å². The lowest BCUT2D eigenvalue weighted by Crippen LogP contribution is -2.32. The fourth-order valence-electron chi connectivity index (χ4n) is 4.18. The number of rotatable bonds is 3. The number of amides is 3. The van der Waals surface area contributed by atoms with Crippen molar-refractivity contribution in [1.82, 2.24) is 5.32 Å². The topological polar surface area (TPSA) is 66.5 Å². The van der Waals surface area contributed by atoms with Gasteiger partial charge in [0.25, 0.3) is 5.91 Å². The van der Waals surface area contributed by atoms with Crippen molar-refractivity contribution in [3.8, 4) is 0 Å². The second-order valence-electron chi connectivity index (χ2n) is 6.42. The number of fused-ring (bicyclic) bond motifs is 5. The average molecular weight is 310 g/mol. The first-order chi connectivity index (χ1) is 11.1. The van der Waals surface area contributed by atoms with Crippen LogP contribution in [0.4, 0.5) is 5.69 Å². The highest BCUT2D eigenvalue weighted by Crippen LogP contribution is 2.53. The summed E-state index contributed by atoms with van der Waals surface area (Å²) in [6.45, 7) is 2.41. The summed E-state index contributed by atoms with van der Waals surface area (Å²) in [5.74, 6) is -0.314. The highest BCUT2D eigenvalue weighted by molar-refractivity contribution is 6.22. The van der Waals surface area contributed by atoms with Gasteiger partial charge in [0, 0.05) is 12.1 Å². The lowest BCUT2D eigenvalue weighted by Gasteiger charge is -2.17. The summed E-state index contributed by atoms with van der Waals surface area (Å²) in [6, 6.07) is 6.66. The summed E-state index contributed by atoms with van der Waals surface area (Å²) < 4.78 is 0. The largest absolute Gasteiger partial charge is 0.352 e. The summed E-state index contributed by atoms with van der Waals surface area (Å²) in [4.78, 5) is 38.5. The van der Waals surface area contributed by atoms with Gasteiger partial charge in [-0.15, -0.1) is 0 Å². The van der Waals surface area contributed by atoms with E-state index in [1.54, 1.807) is 24.3 Å². The number of allylic oxidation sites excluding steroid dienone is 2. The molecule has 1 aromatic rings. The molecule has 3 amide bonds. The number of hydrogen-bond donors (Lipinski definition) is 1. The van der Waals surface area contributed by atoms with Gasteiger partial charge in [-0.3, -0.25) is 19.3 Å². The van der Waals surface area contributed by atoms with Gasteiger partial charge >= 0.3 is 0 Å². The molecular formula is C18H18N2O3. The summed E-state index contributed by atoms with van der Waals surface area (Å²) in [5, 5.41) is 2.73. The van der Waals surface area contributed by atoms with Crippen molar-refractivity contribution in [2.45, 2.75) is 13.3 Å². The SMILES string of the molecule is CCNC(=O)c1ccc(N2C(=O)C3C4C=CC(C4)C3C2=O)cc1. The fraction of sp³-hybridized carbons (Fsp3) is 0.389. The summed E-state index contributed by atoms with van der Waals surface area (Å²) in [5.41, 5.74) is 1.08. The van der Waals surface area contributed by atoms with Crippen LogP contribution < -0.4 is 10.2 Å². The van der Waals surface area contributed by atoms with Gasteiger partial charge in [0.1, 0.15) is 0 Å². The highest BCUT2D eigenvalue weighted by atomic mass is 16.2. The Balaban J connectivity index is 1.61. The summed E-state index contributed by atoms with van der Waals surface area (Å²) >= 11 is 0. The van der Waals surface area contributed by atoms with Gasteiger partial charge in [-0.2, -0.15) is 0 Å². The summed E-state index contributed by atoms with van der Waals surface area (Å²) in [6.07, 6.45) is 5.09. The first-order valence-electron chi connectivity index (χ1n) is 8.06. The monoisotopic (exact) mass is 310 g/mol. The van der Waals surface area contributed by atoms with Crippen molar-refractivity contribution < 1.29 is 14.4 Å². The van der Waals surface area contributed by atoms with E-state index in [0.717, 1.165) is 6.42 Å². The Morgan fingerprint density at radius 2 is 1.65 bits per heavy atom. The van der Waals surface area contributed by atoms with E-state index in [4.69, 9.17) is 0 Å². The number of benzene rings is 1. The molecule has 5 heteroatoms. The number of nitrogens with zero attached hydrogens (tertiary/aromatic N) is 1. The molecule has 4 rings (SSSR count). The summed E-state index contributed by atoms with van der Waals surface area (Å²) in [7, 11) is 0. The quantitative estimate of drug-likeness (QED) is 0.683. The molecule has 1 aliphatic heterocycles. The van der Waals surface area contributed by atoms with E-state index in [9.17, 15) is 14.4 Å². The molecule has 5 nitrogen and oxygen atoms in total. The molecule has 118 valence electrons. The third-order valence-electron chi connectivity index (χ3n) is 5.20. The van der Waals surface area contributed by atoms with E-state index in [0.29, 0.717) is 17.8 Å². The van der Waals surface area contributed by atoms with Crippen LogP contribution in [0.25, 0.3) is 0 Å². The van der Waals surface area contributed by atoms with Crippen LogP contribution in [-0.2, 0) is 9.59 Å². The molecule has 1 aromatic carbocycles. The van der Waals surface area contributed by atoms with Crippen LogP contribution in [0.15, 0.2) is 36.4 Å². The van der Waals surface area contributed by atoms with Gasteiger partial charge in [0.05, 0.1) is 17.5 Å². The predicted octanol–water partition coefficient (Wildman–Crippen LogP) is 1.75. The lowest BCUT2D eigenvalue weighted by molar-refractivity contribution is -0.123. The molecule has 4 atom stereocenters. The molecule has 1 N–H and O–H groups in total. The van der Waals surface area contributed by atoms with Crippen molar-refractivity contribution in [2.75, 3.05) is 11.4 Å². The van der Waals surface area contributed by atoms with Crippen molar-refractivity contribution >= 4 is 23.4 Å². The highest BCUT2D eigenvalue weighted by Gasteiger charge is 2.59. The van der Waals surface area contributed by atoms with Crippen LogP contribution in [-0.4, -0.2) is 24.3 Å². The van der Waals surface area contributed by atoms with Gasteiger partial charge in [0.15, 0.2) is 0 Å². The Hall–Kier alpha value is -2.43. The number of nitrogens with one attached hydrogen (secondary N) is 1. The van der Waals surface area contributed by atoms with Gasteiger partial charge in [-0.1, -0.05) is 12.2 Å². The van der Waals surface area contributed by atoms with Crippen LogP contribution in [0.2, 0.25) is 0 Å². The fourth-order valence-corrected chi connectivity index (χ4v) is 4.18. The van der Waals surface area contributed by atoms with Gasteiger partial charge in [0.2, 0.25) is 11.8 Å². The Kier molecular flexibility index (Phi) is 3.11. The smallest absolute Gasteiger partial charge is 0.251 e.